The molecule has 1 rings (SSSR count). The highest BCUT2D eigenvalue weighted by atomic mass is 32.2. The summed E-state index contributed by atoms with van der Waals surface area (Å²) in [6.07, 6.45) is 2.61. The number of amides is 1. The van der Waals surface area contributed by atoms with Crippen LogP contribution < -0.4 is 16.6 Å². The maximum Gasteiger partial charge on any atom is 0.271 e. The predicted octanol–water partition coefficient (Wildman–Crippen LogP) is -1.62. The summed E-state index contributed by atoms with van der Waals surface area (Å²) in [5.41, 5.74) is 2.31. The van der Waals surface area contributed by atoms with E-state index in [9.17, 15) is 13.2 Å². The fourth-order valence-electron chi connectivity index (χ4n) is 1.11. The maximum atomic E-state index is 11.7. The van der Waals surface area contributed by atoms with E-state index >= 15 is 0 Å². The van der Waals surface area contributed by atoms with Gasteiger partial charge in [0.15, 0.2) is 5.82 Å². The highest BCUT2D eigenvalue weighted by Gasteiger charge is 2.14. The molecule has 0 aliphatic rings. The number of rotatable bonds is 6. The quantitative estimate of drug-likeness (QED) is 0.423. The molecular weight excluding hydrogens is 272 g/mol. The third kappa shape index (κ3) is 4.43. The van der Waals surface area contributed by atoms with Crippen molar-refractivity contribution in [3.8, 4) is 0 Å². The van der Waals surface area contributed by atoms with Crippen LogP contribution in [0.3, 0.4) is 0 Å². The number of nitrogen functional groups attached to an aromatic ring is 1. The van der Waals surface area contributed by atoms with Crippen LogP contribution in [0.4, 0.5) is 5.82 Å². The number of anilines is 1. The molecule has 0 aliphatic heterocycles. The maximum absolute atomic E-state index is 11.7. The zero-order chi connectivity index (χ0) is 14.5. The van der Waals surface area contributed by atoms with E-state index < -0.39 is 15.9 Å². The lowest BCUT2D eigenvalue weighted by Crippen LogP contribution is -2.34. The molecule has 10 heteroatoms. The largest absolute Gasteiger partial charge is 0.350 e. The molecule has 1 aromatic heterocycles. The summed E-state index contributed by atoms with van der Waals surface area (Å²) in [5, 5.41) is 2.45. The lowest BCUT2D eigenvalue weighted by Gasteiger charge is -2.11. The first kappa shape index (κ1) is 15.3. The third-order valence-electron chi connectivity index (χ3n) is 2.22. The van der Waals surface area contributed by atoms with Gasteiger partial charge >= 0.3 is 0 Å². The van der Waals surface area contributed by atoms with Gasteiger partial charge < -0.3 is 10.7 Å². The monoisotopic (exact) mass is 288 g/mol. The molecule has 1 heterocycles. The zero-order valence-electron chi connectivity index (χ0n) is 10.6. The second-order valence-electron chi connectivity index (χ2n) is 3.79. The molecule has 1 aromatic rings. The van der Waals surface area contributed by atoms with E-state index in [-0.39, 0.29) is 23.8 Å². The fourth-order valence-corrected chi connectivity index (χ4v) is 1.84. The Kier molecular flexibility index (Phi) is 5.15. The van der Waals surface area contributed by atoms with E-state index in [1.807, 2.05) is 0 Å². The summed E-state index contributed by atoms with van der Waals surface area (Å²) in [6, 6.07) is 0. The Labute approximate surface area is 111 Å². The molecule has 0 bridgehead atoms. The van der Waals surface area contributed by atoms with Gasteiger partial charge in [0.05, 0.1) is 18.1 Å². The molecule has 0 spiro atoms. The van der Waals surface area contributed by atoms with Crippen LogP contribution in [-0.4, -0.2) is 55.0 Å². The van der Waals surface area contributed by atoms with Crippen LogP contribution in [-0.2, 0) is 10.0 Å². The molecule has 0 unspecified atom stereocenters. The van der Waals surface area contributed by atoms with Crippen molar-refractivity contribution in [2.24, 2.45) is 5.84 Å². The van der Waals surface area contributed by atoms with Crippen LogP contribution in [0, 0.1) is 0 Å². The molecule has 0 aliphatic carbocycles. The number of nitrogens with two attached hydrogens (primary N) is 1. The summed E-state index contributed by atoms with van der Waals surface area (Å²) in [4.78, 5) is 19.3. The van der Waals surface area contributed by atoms with Gasteiger partial charge in [0.1, 0.15) is 5.69 Å². The molecule has 4 N–H and O–H groups in total. The van der Waals surface area contributed by atoms with Gasteiger partial charge in [-0.25, -0.2) is 23.5 Å². The number of nitrogens with zero attached hydrogens (tertiary/aromatic N) is 3. The van der Waals surface area contributed by atoms with Gasteiger partial charge in [-0.3, -0.25) is 9.78 Å². The second-order valence-corrected chi connectivity index (χ2v) is 6.09. The number of nitrogens with one attached hydrogen (secondary N) is 2. The van der Waals surface area contributed by atoms with Crippen LogP contribution in [0.2, 0.25) is 0 Å². The van der Waals surface area contributed by atoms with Crippen molar-refractivity contribution in [3.63, 3.8) is 0 Å². The summed E-state index contributed by atoms with van der Waals surface area (Å²) in [7, 11) is -0.479. The Bertz CT molecular complexity index is 545. The number of carbonyl (C=O) groups is 1. The average Bonchev–Trinajstić information content (AvgIpc) is 2.38. The summed E-state index contributed by atoms with van der Waals surface area (Å²) < 4.78 is 24.0. The van der Waals surface area contributed by atoms with E-state index in [1.165, 1.54) is 26.5 Å². The molecule has 1 amide bonds. The second kappa shape index (κ2) is 6.41. The summed E-state index contributed by atoms with van der Waals surface area (Å²) in [5.74, 6) is 4.68. The first-order valence-electron chi connectivity index (χ1n) is 5.34. The molecule has 0 aromatic carbocycles. The normalized spacial score (nSPS) is 11.4. The topological polar surface area (TPSA) is 130 Å². The van der Waals surface area contributed by atoms with Gasteiger partial charge in [-0.15, -0.1) is 0 Å². The lowest BCUT2D eigenvalue weighted by molar-refractivity contribution is 0.0951. The van der Waals surface area contributed by atoms with Gasteiger partial charge in [-0.1, -0.05) is 0 Å². The van der Waals surface area contributed by atoms with E-state index in [2.05, 4.69) is 20.7 Å². The van der Waals surface area contributed by atoms with E-state index in [1.54, 1.807) is 0 Å². The number of hydrazine groups is 1. The third-order valence-corrected chi connectivity index (χ3v) is 4.05. The van der Waals surface area contributed by atoms with Crippen molar-refractivity contribution in [1.29, 1.82) is 0 Å². The van der Waals surface area contributed by atoms with E-state index in [0.29, 0.717) is 0 Å². The first-order valence-corrected chi connectivity index (χ1v) is 6.95. The van der Waals surface area contributed by atoms with Gasteiger partial charge in [0.2, 0.25) is 10.0 Å². The van der Waals surface area contributed by atoms with Crippen molar-refractivity contribution < 1.29 is 13.2 Å². The van der Waals surface area contributed by atoms with Crippen molar-refractivity contribution >= 4 is 21.7 Å². The number of hydrogen-bond acceptors (Lipinski definition) is 7. The SMILES string of the molecule is CN(C)S(=O)(=O)CCNC(=O)c1cncc(NN)n1. The van der Waals surface area contributed by atoms with Crippen LogP contribution in [0.25, 0.3) is 0 Å². The summed E-state index contributed by atoms with van der Waals surface area (Å²) >= 11 is 0. The fraction of sp³-hybridized carbons (Fsp3) is 0.444. The molecule has 106 valence electrons. The minimum Gasteiger partial charge on any atom is -0.350 e. The molecular formula is C9H16N6O3S. The standard InChI is InChI=1S/C9H16N6O3S/c1-15(2)19(17,18)4-3-12-9(16)7-5-11-6-8(13-7)14-10/h5-6H,3-4,10H2,1-2H3,(H,12,16)(H,13,14). The first-order chi connectivity index (χ1) is 8.86. The molecule has 0 saturated carbocycles. The Balaban J connectivity index is 2.56. The van der Waals surface area contributed by atoms with Gasteiger partial charge in [0, 0.05) is 20.6 Å². The van der Waals surface area contributed by atoms with Crippen LogP contribution in [0.5, 0.6) is 0 Å². The Hall–Kier alpha value is -1.78. The highest BCUT2D eigenvalue weighted by Crippen LogP contribution is 2.00. The molecule has 0 atom stereocenters. The molecule has 19 heavy (non-hydrogen) atoms. The Morgan fingerprint density at radius 2 is 2.11 bits per heavy atom. The number of sulfonamides is 1. The van der Waals surface area contributed by atoms with Gasteiger partial charge in [0.25, 0.3) is 5.91 Å². The smallest absolute Gasteiger partial charge is 0.271 e. The number of hydrogen-bond donors (Lipinski definition) is 3. The minimum absolute atomic E-state index is 0.0126. The molecule has 0 fully saturated rings. The molecule has 9 nitrogen and oxygen atoms in total. The number of aromatic nitrogens is 2. The van der Waals surface area contributed by atoms with Gasteiger partial charge in [-0.05, 0) is 0 Å². The predicted molar refractivity (Wildman–Crippen MR) is 69.6 cm³/mol. The van der Waals surface area contributed by atoms with Crippen molar-refractivity contribution in [2.45, 2.75) is 0 Å². The van der Waals surface area contributed by atoms with E-state index in [0.717, 1.165) is 4.31 Å². The Morgan fingerprint density at radius 1 is 1.42 bits per heavy atom. The Morgan fingerprint density at radius 3 is 2.68 bits per heavy atom. The lowest BCUT2D eigenvalue weighted by atomic mass is 10.4. The van der Waals surface area contributed by atoms with Gasteiger partial charge in [-0.2, -0.15) is 0 Å². The van der Waals surface area contributed by atoms with Crippen LogP contribution in [0.1, 0.15) is 10.5 Å². The van der Waals surface area contributed by atoms with Crippen LogP contribution in [0.15, 0.2) is 12.4 Å². The number of carbonyl (C=O) groups excluding carboxylic acids is 1. The van der Waals surface area contributed by atoms with Crippen LogP contribution >= 0.6 is 0 Å². The van der Waals surface area contributed by atoms with Crippen molar-refractivity contribution in [3.05, 3.63) is 18.1 Å². The minimum atomic E-state index is -3.34. The van der Waals surface area contributed by atoms with Crippen molar-refractivity contribution in [2.75, 3.05) is 31.8 Å². The zero-order valence-corrected chi connectivity index (χ0v) is 11.4. The van der Waals surface area contributed by atoms with E-state index in [4.69, 9.17) is 5.84 Å². The summed E-state index contributed by atoms with van der Waals surface area (Å²) in [6.45, 7) is -0.0126. The molecule has 0 saturated heterocycles. The highest BCUT2D eigenvalue weighted by molar-refractivity contribution is 7.89. The average molecular weight is 288 g/mol. The molecule has 0 radical (unpaired) electrons. The van der Waals surface area contributed by atoms with Crippen molar-refractivity contribution in [1.82, 2.24) is 19.6 Å².